The van der Waals surface area contributed by atoms with E-state index in [2.05, 4.69) is 157 Å². The lowest BCUT2D eigenvalue weighted by Crippen LogP contribution is -2.63. The fourth-order valence-electron chi connectivity index (χ4n) is 21.6. The van der Waals surface area contributed by atoms with Crippen molar-refractivity contribution in [1.82, 2.24) is 76.9 Å². The number of benzene rings is 5. The summed E-state index contributed by atoms with van der Waals surface area (Å²) in [7, 11) is -1.69. The van der Waals surface area contributed by atoms with Crippen LogP contribution in [0.25, 0.3) is 54.8 Å². The molecule has 0 atom stereocenters. The van der Waals surface area contributed by atoms with E-state index in [0.717, 1.165) is 225 Å². The molecular formula is C106H151N21O12Si. The van der Waals surface area contributed by atoms with Gasteiger partial charge in [-0.25, -0.2) is 0 Å². The lowest BCUT2D eigenvalue weighted by atomic mass is 9.82. The van der Waals surface area contributed by atoms with Crippen LogP contribution in [0.3, 0.4) is 0 Å². The molecule has 5 aromatic heterocycles. The summed E-state index contributed by atoms with van der Waals surface area (Å²) in [5.74, 6) is 5.11. The van der Waals surface area contributed by atoms with Crippen LogP contribution in [0.5, 0.6) is 0 Å². The van der Waals surface area contributed by atoms with Crippen molar-refractivity contribution in [3.05, 3.63) is 119 Å². The predicted molar refractivity (Wildman–Crippen MR) is 550 cm³/mol. The van der Waals surface area contributed by atoms with Gasteiger partial charge >= 0.3 is 0 Å². The first-order valence-electron chi connectivity index (χ1n) is 51.8. The number of nitriles is 1. The number of hydrogen-bond donors (Lipinski definition) is 11. The summed E-state index contributed by atoms with van der Waals surface area (Å²) in [5.41, 5.74) is 9.27. The first kappa shape index (κ1) is 102. The quantitative estimate of drug-likeness (QED) is 0.0194. The third kappa shape index (κ3) is 27.2. The number of nitrogens with one attached hydrogen (secondary N) is 10. The fourth-order valence-corrected chi connectivity index (χ4v) is 23.0. The molecule has 0 unspecified atom stereocenters. The number of aliphatic hydroxyl groups is 1. The van der Waals surface area contributed by atoms with Gasteiger partial charge < -0.3 is 85.3 Å². The number of hydrogen-bond acceptors (Lipinski definition) is 28. The number of aromatic nitrogens is 5. The number of likely N-dealkylation sites (tertiary alicyclic amines) is 5. The molecule has 0 bridgehead atoms. The first-order valence-corrected chi connectivity index (χ1v) is 54.8. The van der Waals surface area contributed by atoms with E-state index in [-0.39, 0.29) is 110 Å². The average Bonchev–Trinajstić information content (AvgIpc) is 1.18. The summed E-state index contributed by atoms with van der Waals surface area (Å²) >= 11 is 0. The number of rotatable bonds is 29. The van der Waals surface area contributed by atoms with Crippen molar-refractivity contribution in [2.75, 3.05) is 125 Å². The minimum Gasteiger partial charge on any atom is -0.414 e. The number of anilines is 5. The lowest BCUT2D eigenvalue weighted by Gasteiger charge is -2.48. The Balaban J connectivity index is 0.000000127. The Hall–Kier alpha value is -10.8. The number of aryl methyl sites for hydroxylation is 5. The Bertz CT molecular complexity index is 5680. The first-order chi connectivity index (χ1) is 67.4. The molecule has 10 heterocycles. The minimum absolute atomic E-state index is 0.00469. The van der Waals surface area contributed by atoms with Crippen LogP contribution in [0, 0.1) is 63.7 Å². The zero-order chi connectivity index (χ0) is 98.3. The molecule has 756 valence electrons. The fraction of sp³-hybridized carbons (Fsp3) is 0.613. The van der Waals surface area contributed by atoms with Gasteiger partial charge in [-0.15, -0.1) is 0 Å². The van der Waals surface area contributed by atoms with Crippen LogP contribution < -0.4 is 53.2 Å². The summed E-state index contributed by atoms with van der Waals surface area (Å²) in [4.78, 5) is 73.8. The van der Waals surface area contributed by atoms with Crippen molar-refractivity contribution in [1.29, 1.82) is 5.26 Å². The molecule has 5 aliphatic heterocycles. The summed E-state index contributed by atoms with van der Waals surface area (Å²) in [6, 6.07) is 36.2. The molecule has 5 aromatic carbocycles. The largest absolute Gasteiger partial charge is 0.414 e. The van der Waals surface area contributed by atoms with Crippen molar-refractivity contribution in [2.45, 2.75) is 301 Å². The smallest absolute Gasteiger partial charge is 0.239 e. The molecule has 140 heavy (non-hydrogen) atoms. The van der Waals surface area contributed by atoms with Crippen LogP contribution in [-0.2, 0) is 28.4 Å². The number of nitrogens with zero attached hydrogens (tertiary/aromatic N) is 11. The lowest BCUT2D eigenvalue weighted by molar-refractivity contribution is -0.122. The Morgan fingerprint density at radius 3 is 0.879 bits per heavy atom. The zero-order valence-electron chi connectivity index (χ0n) is 84.3. The van der Waals surface area contributed by atoms with Crippen molar-refractivity contribution < 1.29 is 56.1 Å². The zero-order valence-corrected chi connectivity index (χ0v) is 85.3. The molecule has 10 aromatic rings. The molecule has 5 aliphatic carbocycles. The number of carbonyl (C=O) groups excluding carboxylic acids is 5. The summed E-state index contributed by atoms with van der Waals surface area (Å²) in [6.45, 7) is 36.8. The molecule has 11 N–H and O–H groups in total. The van der Waals surface area contributed by atoms with E-state index in [1.54, 1.807) is 0 Å². The Morgan fingerprint density at radius 2 is 0.629 bits per heavy atom. The van der Waals surface area contributed by atoms with Gasteiger partial charge in [-0.1, -0.05) is 131 Å². The molecule has 10 fully saturated rings. The molecule has 33 nitrogen and oxygen atoms in total. The Labute approximate surface area is 824 Å². The second-order valence-electron chi connectivity index (χ2n) is 43.3. The van der Waals surface area contributed by atoms with Crippen molar-refractivity contribution in [2.24, 2.45) is 17.8 Å². The number of amides is 5. The standard InChI is InChI=1S/C25H40N4O3Si.C22H32N4O2.C20H25N5O2.C20H28N4O2.C19H26N4O3/c1-17-7-12-22-21(13-17)24(28-31-22)26-14-23(30)27-18-15-29(16-18)19-8-10-20(11-9-19)32-33(5,6)25(2,3)4;1-3-4-16-6-8-18(9-7-16)26-13-17(14-26)24-21(27)12-23-22-19-11-15(2)5-10-20(19)28-25-22;1-13-2-7-18-17(8-13)20(24-27-18)22-10-19(26)23-15-11-25(12-15)16-5-3-14(9-21)4-6-16;1-13-3-6-16(7-4-13)24-11-15(12-24)22-19(25)10-21-20-17-9-14(2)5-8-18(17)26-23-20;1-12-2-7-17-16(8-12)19(22-26-17)20-9-18(25)21-13-10-23(11-13)14-3-5-15(24)6-4-14/h7,12-13,18-20H,8-11,14-16H2,1-6H3,(H,26,28)(H,27,30);5,10-11,16-18H,3-4,6-9,12-14H2,1-2H3,(H,23,25)(H,24,27);2,7-8,14-16H,3-6,10-12H2,1H3,(H,22,24)(H,23,26);5,8-9,13,15-16H,3-4,6-7,10-12H2,1-2H3,(H,21,23)(H,22,25);2,7-8,13-15,24H,3-6,9-11H2,1H3,(H,20,22)(H,21,25). The van der Waals surface area contributed by atoms with Gasteiger partial charge in [0.25, 0.3) is 0 Å². The van der Waals surface area contributed by atoms with E-state index in [1.807, 2.05) is 126 Å². The second-order valence-corrected chi connectivity index (χ2v) is 48.1. The molecular weight excluding hydrogens is 1790 g/mol. The van der Waals surface area contributed by atoms with Gasteiger partial charge in [-0.3, -0.25) is 48.5 Å². The van der Waals surface area contributed by atoms with Gasteiger partial charge in [-0.2, -0.15) is 5.26 Å². The number of carbonyl (C=O) groups is 5. The van der Waals surface area contributed by atoms with Crippen LogP contribution in [0.1, 0.15) is 204 Å². The maximum atomic E-state index is 12.4. The van der Waals surface area contributed by atoms with E-state index in [0.29, 0.717) is 64.5 Å². The Morgan fingerprint density at radius 1 is 0.386 bits per heavy atom. The summed E-state index contributed by atoms with van der Waals surface area (Å²) in [5, 5.41) is 74.5. The molecule has 5 saturated heterocycles. The molecule has 34 heteroatoms. The molecule has 5 saturated carbocycles. The van der Waals surface area contributed by atoms with Crippen LogP contribution in [0.4, 0.5) is 29.1 Å². The SMILES string of the molecule is CCCC1CCC(N2CC(NC(=O)CNc3noc4ccc(C)cc34)C2)CC1.Cc1ccc2onc(NCC(=O)NC3CN(C4CCC(C#N)CC4)C3)c2c1.Cc1ccc2onc(NCC(=O)NC3CN(C4CCC(C)CC4)C3)c2c1.Cc1ccc2onc(NCC(=O)NC3CN(C4CCC(O)CC4)C3)c2c1.Cc1ccc2onc(NCC(=O)NC3CN(C4CCC(O[Si](C)(C)C(C)(C)C)CC4)C3)c2c1. The van der Waals surface area contributed by atoms with Gasteiger partial charge in [0.05, 0.1) is 102 Å². The highest BCUT2D eigenvalue weighted by atomic mass is 28.4. The van der Waals surface area contributed by atoms with Crippen LogP contribution in [0.15, 0.2) is 114 Å². The third-order valence-corrected chi connectivity index (χ3v) is 35.7. The maximum Gasteiger partial charge on any atom is 0.239 e. The predicted octanol–water partition coefficient (Wildman–Crippen LogP) is 15.4. The second kappa shape index (κ2) is 47.0. The summed E-state index contributed by atoms with van der Waals surface area (Å²) < 4.78 is 33.1. The Kier molecular flexibility index (Phi) is 34.3. The monoisotopic (exact) mass is 1940 g/mol. The molecule has 10 aliphatic rings. The van der Waals surface area contributed by atoms with E-state index < -0.39 is 8.32 Å². The van der Waals surface area contributed by atoms with Crippen LogP contribution in [0.2, 0.25) is 18.1 Å². The highest BCUT2D eigenvalue weighted by Crippen LogP contribution is 2.42. The highest BCUT2D eigenvalue weighted by molar-refractivity contribution is 6.74. The number of fused-ring (bicyclic) bond motifs is 5. The van der Waals surface area contributed by atoms with Crippen molar-refractivity contribution in [3.63, 3.8) is 0 Å². The average molecular weight is 1940 g/mol. The van der Waals surface area contributed by atoms with Crippen LogP contribution >= 0.6 is 0 Å². The molecule has 5 amide bonds. The molecule has 0 radical (unpaired) electrons. The van der Waals surface area contributed by atoms with Crippen molar-refractivity contribution >= 4 is 122 Å². The van der Waals surface area contributed by atoms with Crippen LogP contribution in [-0.4, -0.2) is 264 Å². The molecule has 0 spiro atoms. The number of aliphatic hydroxyl groups excluding tert-OH is 1. The van der Waals surface area contributed by atoms with E-state index in [4.69, 9.17) is 32.3 Å². The summed E-state index contributed by atoms with van der Waals surface area (Å²) in [6.07, 6.45) is 26.5. The van der Waals surface area contributed by atoms with Gasteiger partial charge in [0, 0.05) is 108 Å². The maximum absolute atomic E-state index is 12.4. The minimum atomic E-state index is -1.69. The van der Waals surface area contributed by atoms with E-state index in [1.165, 1.54) is 77.0 Å². The van der Waals surface area contributed by atoms with Gasteiger partial charge in [0.2, 0.25) is 29.5 Å². The highest BCUT2D eigenvalue weighted by Gasteiger charge is 2.44. The third-order valence-electron chi connectivity index (χ3n) is 31.1. The van der Waals surface area contributed by atoms with Gasteiger partial charge in [0.1, 0.15) is 0 Å². The van der Waals surface area contributed by atoms with Crippen molar-refractivity contribution in [3.8, 4) is 6.07 Å². The van der Waals surface area contributed by atoms with E-state index >= 15 is 0 Å². The molecule has 20 rings (SSSR count). The van der Waals surface area contributed by atoms with Gasteiger partial charge in [-0.05, 0) is 254 Å². The van der Waals surface area contributed by atoms with Gasteiger partial charge in [0.15, 0.2) is 65.3 Å². The van der Waals surface area contributed by atoms with E-state index in [9.17, 15) is 29.1 Å². The normalized spacial score (nSPS) is 23.7. The topological polar surface area (TPSA) is 405 Å².